The molecule has 1 atom stereocenters. The minimum Gasteiger partial charge on any atom is -0.406 e. The Hall–Kier alpha value is -2.44. The Morgan fingerprint density at radius 1 is 1.27 bits per heavy atom. The van der Waals surface area contributed by atoms with Gasteiger partial charge in [-0.15, -0.1) is 13.2 Å². The van der Waals surface area contributed by atoms with Gasteiger partial charge < -0.3 is 15.4 Å². The zero-order valence-electron chi connectivity index (χ0n) is 14.8. The van der Waals surface area contributed by atoms with Crippen LogP contribution in [0.15, 0.2) is 48.3 Å². The van der Waals surface area contributed by atoms with Crippen molar-refractivity contribution in [3.63, 3.8) is 0 Å². The first-order chi connectivity index (χ1) is 12.2. The molecule has 1 amide bonds. The Morgan fingerprint density at radius 2 is 1.96 bits per heavy atom. The van der Waals surface area contributed by atoms with Crippen LogP contribution in [0.5, 0.6) is 0 Å². The number of alkyl halides is 3. The van der Waals surface area contributed by atoms with Gasteiger partial charge in [-0.05, 0) is 55.2 Å². The number of ether oxygens (including phenoxy) is 1. The number of carbonyl (C=O) groups excluding carboxylic acids is 1. The van der Waals surface area contributed by atoms with E-state index < -0.39 is 6.36 Å². The molecule has 1 aromatic carbocycles. The number of nitrogens with one attached hydrogen (secondary N) is 2. The number of anilines is 1. The Labute approximate surface area is 151 Å². The summed E-state index contributed by atoms with van der Waals surface area (Å²) in [4.78, 5) is 12.0. The number of allylic oxidation sites excluding steroid dienone is 1. The number of hydrogen-bond acceptors (Lipinski definition) is 3. The lowest BCUT2D eigenvalue weighted by molar-refractivity contribution is -0.303. The van der Waals surface area contributed by atoms with Crippen molar-refractivity contribution in [3.8, 4) is 0 Å². The smallest absolute Gasteiger partial charge is 0.406 e. The lowest BCUT2D eigenvalue weighted by Crippen LogP contribution is -2.25. The van der Waals surface area contributed by atoms with Gasteiger partial charge in [0.1, 0.15) is 5.76 Å². The van der Waals surface area contributed by atoms with E-state index in [1.807, 2.05) is 0 Å². The summed E-state index contributed by atoms with van der Waals surface area (Å²) in [7, 11) is 0. The van der Waals surface area contributed by atoms with E-state index in [1.165, 1.54) is 12.2 Å². The van der Waals surface area contributed by atoms with Crippen LogP contribution in [-0.4, -0.2) is 24.9 Å². The summed E-state index contributed by atoms with van der Waals surface area (Å²) in [6, 6.07) is 6.84. The van der Waals surface area contributed by atoms with E-state index >= 15 is 0 Å². The van der Waals surface area contributed by atoms with Crippen LogP contribution in [0.25, 0.3) is 0 Å². The predicted molar refractivity (Wildman–Crippen MR) is 94.6 cm³/mol. The molecule has 2 N–H and O–H groups in total. The van der Waals surface area contributed by atoms with Crippen molar-refractivity contribution < 1.29 is 22.7 Å². The van der Waals surface area contributed by atoms with E-state index in [-0.39, 0.29) is 17.7 Å². The molecule has 142 valence electrons. The van der Waals surface area contributed by atoms with Crippen molar-refractivity contribution in [1.29, 1.82) is 0 Å². The number of hydrogen-bond donors (Lipinski definition) is 2. The number of rotatable bonds is 7. The lowest BCUT2D eigenvalue weighted by atomic mass is 10.1. The number of benzene rings is 1. The first-order valence-electron chi connectivity index (χ1n) is 8.52. The highest BCUT2D eigenvalue weighted by molar-refractivity contribution is 5.94. The zero-order valence-corrected chi connectivity index (χ0v) is 14.8. The third-order valence-corrected chi connectivity index (χ3v) is 3.81. The number of carbonyl (C=O) groups is 1. The molecule has 0 saturated carbocycles. The molecular weight excluding hydrogens is 345 g/mol. The molecule has 0 radical (unpaired) electrons. The van der Waals surface area contributed by atoms with Gasteiger partial charge in [0.2, 0.25) is 0 Å². The summed E-state index contributed by atoms with van der Waals surface area (Å²) >= 11 is 0. The van der Waals surface area contributed by atoms with Crippen LogP contribution in [0.1, 0.15) is 37.0 Å². The molecule has 0 saturated heterocycles. The molecule has 0 bridgehead atoms. The second-order valence-corrected chi connectivity index (χ2v) is 6.52. The monoisotopic (exact) mass is 368 g/mol. The van der Waals surface area contributed by atoms with Crippen LogP contribution in [0, 0.1) is 5.92 Å². The maximum atomic E-state index is 12.2. The normalized spacial score (nSPS) is 17.0. The van der Waals surface area contributed by atoms with Crippen molar-refractivity contribution in [2.75, 3.05) is 11.9 Å². The zero-order chi connectivity index (χ0) is 19.2. The minimum atomic E-state index is -4.68. The van der Waals surface area contributed by atoms with E-state index in [0.717, 1.165) is 12.1 Å². The van der Waals surface area contributed by atoms with Crippen LogP contribution in [0.4, 0.5) is 18.9 Å². The Kier molecular flexibility index (Phi) is 6.71. The average molecular weight is 368 g/mol. The predicted octanol–water partition coefficient (Wildman–Crippen LogP) is 4.62. The molecule has 4 nitrogen and oxygen atoms in total. The van der Waals surface area contributed by atoms with Crippen molar-refractivity contribution in [2.45, 2.75) is 39.1 Å². The maximum absolute atomic E-state index is 12.2. The topological polar surface area (TPSA) is 50.4 Å². The fourth-order valence-corrected chi connectivity index (χ4v) is 2.43. The molecule has 1 aliphatic carbocycles. The van der Waals surface area contributed by atoms with Crippen LogP contribution in [0.3, 0.4) is 0 Å². The Bertz CT molecular complexity index is 664. The van der Waals surface area contributed by atoms with E-state index in [9.17, 15) is 18.0 Å². The van der Waals surface area contributed by atoms with Gasteiger partial charge in [-0.1, -0.05) is 19.9 Å². The van der Waals surface area contributed by atoms with Crippen molar-refractivity contribution in [1.82, 2.24) is 5.32 Å². The molecule has 7 heteroatoms. The van der Waals surface area contributed by atoms with E-state index in [1.54, 1.807) is 30.3 Å². The van der Waals surface area contributed by atoms with Gasteiger partial charge >= 0.3 is 6.36 Å². The molecule has 2 rings (SSSR count). The van der Waals surface area contributed by atoms with Crippen LogP contribution in [0.2, 0.25) is 0 Å². The first kappa shape index (κ1) is 19.9. The number of amides is 1. The highest BCUT2D eigenvalue weighted by atomic mass is 19.4. The fraction of sp³-hybridized carbons (Fsp3) is 0.421. The van der Waals surface area contributed by atoms with E-state index in [2.05, 4.69) is 29.2 Å². The third kappa shape index (κ3) is 6.82. The van der Waals surface area contributed by atoms with Gasteiger partial charge in [0, 0.05) is 23.8 Å². The van der Waals surface area contributed by atoms with Gasteiger partial charge in [-0.25, -0.2) is 0 Å². The van der Waals surface area contributed by atoms with Crippen LogP contribution in [-0.2, 0) is 4.74 Å². The second kappa shape index (κ2) is 8.78. The fourth-order valence-electron chi connectivity index (χ4n) is 2.43. The molecule has 1 unspecified atom stereocenters. The van der Waals surface area contributed by atoms with E-state index in [4.69, 9.17) is 0 Å². The quantitative estimate of drug-likeness (QED) is 0.738. The molecule has 0 aliphatic heterocycles. The Balaban J connectivity index is 1.83. The molecule has 1 aliphatic rings. The summed E-state index contributed by atoms with van der Waals surface area (Å²) < 4.78 is 40.3. The standard InChI is InChI=1S/C19H23F3N2O2/c1-13(2)11-12-23-18(25)14-3-5-15(6-4-14)24-16-7-9-17(10-8-16)26-19(20,21)22/h3-7,9-10,13,16,24H,8,11-12H2,1-2H3,(H,23,25). The van der Waals surface area contributed by atoms with Gasteiger partial charge in [0.25, 0.3) is 5.91 Å². The van der Waals surface area contributed by atoms with Gasteiger partial charge in [-0.2, -0.15) is 0 Å². The number of halogens is 3. The van der Waals surface area contributed by atoms with Crippen molar-refractivity contribution in [2.24, 2.45) is 5.92 Å². The summed E-state index contributed by atoms with van der Waals surface area (Å²) in [6.07, 6.45) is 0.925. The summed E-state index contributed by atoms with van der Waals surface area (Å²) in [6.45, 7) is 4.83. The third-order valence-electron chi connectivity index (χ3n) is 3.81. The molecule has 0 aromatic heterocycles. The SMILES string of the molecule is CC(C)CCNC(=O)c1ccc(NC2C=CC(OC(F)(F)F)=CC2)cc1. The maximum Gasteiger partial charge on any atom is 0.573 e. The molecule has 26 heavy (non-hydrogen) atoms. The Morgan fingerprint density at radius 3 is 2.50 bits per heavy atom. The summed E-state index contributed by atoms with van der Waals surface area (Å²) in [5, 5.41) is 6.06. The second-order valence-electron chi connectivity index (χ2n) is 6.52. The van der Waals surface area contributed by atoms with Crippen LogP contribution < -0.4 is 10.6 Å². The highest BCUT2D eigenvalue weighted by Crippen LogP contribution is 2.24. The van der Waals surface area contributed by atoms with Crippen molar-refractivity contribution in [3.05, 3.63) is 53.8 Å². The highest BCUT2D eigenvalue weighted by Gasteiger charge is 2.32. The van der Waals surface area contributed by atoms with E-state index in [0.29, 0.717) is 24.4 Å². The molecule has 1 aromatic rings. The molecule has 0 heterocycles. The molecule has 0 fully saturated rings. The van der Waals surface area contributed by atoms with Crippen LogP contribution >= 0.6 is 0 Å². The molecular formula is C19H23F3N2O2. The summed E-state index contributed by atoms with van der Waals surface area (Å²) in [5.41, 5.74) is 1.35. The molecule has 0 spiro atoms. The lowest BCUT2D eigenvalue weighted by Gasteiger charge is -2.20. The first-order valence-corrected chi connectivity index (χ1v) is 8.52. The van der Waals surface area contributed by atoms with Gasteiger partial charge in [0.05, 0.1) is 0 Å². The van der Waals surface area contributed by atoms with Gasteiger partial charge in [0.15, 0.2) is 0 Å². The minimum absolute atomic E-state index is 0.119. The van der Waals surface area contributed by atoms with Crippen molar-refractivity contribution >= 4 is 11.6 Å². The summed E-state index contributed by atoms with van der Waals surface area (Å²) in [5.74, 6) is 0.206. The van der Waals surface area contributed by atoms with Gasteiger partial charge in [-0.3, -0.25) is 4.79 Å². The average Bonchev–Trinajstić information content (AvgIpc) is 2.55. The largest absolute Gasteiger partial charge is 0.573 e.